The zero-order valence-electron chi connectivity index (χ0n) is 6.65. The highest BCUT2D eigenvalue weighted by Gasteiger charge is 2.45. The van der Waals surface area contributed by atoms with Crippen LogP contribution in [0.15, 0.2) is 5.38 Å². The van der Waals surface area contributed by atoms with E-state index in [1.54, 1.807) is 11.3 Å². The molecule has 1 aliphatic carbocycles. The second-order valence-electron chi connectivity index (χ2n) is 3.11. The van der Waals surface area contributed by atoms with E-state index in [-0.39, 0.29) is 11.8 Å². The normalized spacial score (nSPS) is 27.1. The van der Waals surface area contributed by atoms with E-state index in [0.29, 0.717) is 0 Å². The number of thiazole rings is 1. The molecule has 1 heterocycles. The monoisotopic (exact) mass is 183 g/mol. The number of hydrogen-bond donors (Lipinski definition) is 1. The minimum Gasteiger partial charge on any atom is -0.481 e. The quantitative estimate of drug-likeness (QED) is 0.758. The Morgan fingerprint density at radius 3 is 3.00 bits per heavy atom. The van der Waals surface area contributed by atoms with E-state index in [1.807, 2.05) is 12.3 Å². The number of aliphatic carboxylic acids is 1. The van der Waals surface area contributed by atoms with Gasteiger partial charge in [-0.1, -0.05) is 0 Å². The first kappa shape index (κ1) is 7.73. The number of aryl methyl sites for hydroxylation is 1. The van der Waals surface area contributed by atoms with Crippen molar-refractivity contribution in [2.24, 2.45) is 5.92 Å². The van der Waals surface area contributed by atoms with Crippen LogP contribution in [0.3, 0.4) is 0 Å². The Labute approximate surface area is 74.1 Å². The summed E-state index contributed by atoms with van der Waals surface area (Å²) in [6.45, 7) is 1.93. The van der Waals surface area contributed by atoms with Crippen LogP contribution in [-0.2, 0) is 4.79 Å². The van der Waals surface area contributed by atoms with Gasteiger partial charge in [-0.2, -0.15) is 0 Å². The summed E-state index contributed by atoms with van der Waals surface area (Å²) in [4.78, 5) is 14.8. The lowest BCUT2D eigenvalue weighted by Crippen LogP contribution is -1.98. The number of rotatable bonds is 2. The number of aromatic nitrogens is 1. The van der Waals surface area contributed by atoms with Gasteiger partial charge in [-0.05, 0) is 13.3 Å². The van der Waals surface area contributed by atoms with Crippen LogP contribution in [0.25, 0.3) is 0 Å². The molecule has 2 atom stereocenters. The Kier molecular flexibility index (Phi) is 1.65. The topological polar surface area (TPSA) is 50.2 Å². The fourth-order valence-corrected chi connectivity index (χ4v) is 2.26. The van der Waals surface area contributed by atoms with E-state index in [2.05, 4.69) is 4.98 Å². The van der Waals surface area contributed by atoms with Crippen molar-refractivity contribution in [1.82, 2.24) is 4.98 Å². The highest BCUT2D eigenvalue weighted by Crippen LogP contribution is 2.48. The summed E-state index contributed by atoms with van der Waals surface area (Å²) in [5.74, 6) is -0.662. The standard InChI is InChI=1S/C8H9NO2S/c1-4-3-12-7(9-4)5-2-6(5)8(10)11/h3,5-6H,2H2,1H3,(H,10,11)/t5-,6-/m0/s1. The van der Waals surface area contributed by atoms with Gasteiger partial charge in [0.15, 0.2) is 0 Å². The zero-order chi connectivity index (χ0) is 8.72. The molecular formula is C8H9NO2S. The van der Waals surface area contributed by atoms with Gasteiger partial charge >= 0.3 is 5.97 Å². The smallest absolute Gasteiger partial charge is 0.307 e. The van der Waals surface area contributed by atoms with Gasteiger partial charge in [0.25, 0.3) is 0 Å². The fourth-order valence-electron chi connectivity index (χ4n) is 1.28. The lowest BCUT2D eigenvalue weighted by atomic mass is 10.3. The molecule has 2 rings (SSSR count). The van der Waals surface area contributed by atoms with Crippen LogP contribution in [-0.4, -0.2) is 16.1 Å². The van der Waals surface area contributed by atoms with E-state index in [1.165, 1.54) is 0 Å². The molecule has 12 heavy (non-hydrogen) atoms. The number of nitrogens with zero attached hydrogens (tertiary/aromatic N) is 1. The van der Waals surface area contributed by atoms with Gasteiger partial charge in [0.2, 0.25) is 0 Å². The molecule has 0 unspecified atom stereocenters. The first-order valence-corrected chi connectivity index (χ1v) is 4.71. The predicted octanol–water partition coefficient (Wildman–Crippen LogP) is 1.64. The molecule has 0 aromatic carbocycles. The van der Waals surface area contributed by atoms with Crippen LogP contribution in [0, 0.1) is 12.8 Å². The van der Waals surface area contributed by atoms with Crippen molar-refractivity contribution in [2.45, 2.75) is 19.3 Å². The summed E-state index contributed by atoms with van der Waals surface area (Å²) in [5, 5.41) is 11.6. The average molecular weight is 183 g/mol. The zero-order valence-corrected chi connectivity index (χ0v) is 7.47. The van der Waals surface area contributed by atoms with Crippen LogP contribution < -0.4 is 0 Å². The first-order chi connectivity index (χ1) is 5.68. The van der Waals surface area contributed by atoms with Gasteiger partial charge < -0.3 is 5.11 Å². The molecule has 4 heteroatoms. The SMILES string of the molecule is Cc1csc([C@H]2C[C@@H]2C(=O)O)n1. The van der Waals surface area contributed by atoms with Crippen LogP contribution >= 0.6 is 11.3 Å². The molecule has 1 aliphatic rings. The molecule has 1 aromatic heterocycles. The van der Waals surface area contributed by atoms with E-state index < -0.39 is 5.97 Å². The minimum atomic E-state index is -0.687. The Bertz CT molecular complexity index is 321. The lowest BCUT2D eigenvalue weighted by molar-refractivity contribution is -0.138. The van der Waals surface area contributed by atoms with Crippen molar-refractivity contribution >= 4 is 17.3 Å². The van der Waals surface area contributed by atoms with Crippen LogP contribution in [0.1, 0.15) is 23.0 Å². The van der Waals surface area contributed by atoms with E-state index >= 15 is 0 Å². The van der Waals surface area contributed by atoms with Gasteiger partial charge in [0, 0.05) is 17.0 Å². The van der Waals surface area contributed by atoms with Crippen molar-refractivity contribution in [3.8, 4) is 0 Å². The highest BCUT2D eigenvalue weighted by molar-refractivity contribution is 7.09. The third-order valence-electron chi connectivity index (χ3n) is 2.06. The summed E-state index contributed by atoms with van der Waals surface area (Å²) in [7, 11) is 0. The Morgan fingerprint density at radius 2 is 2.58 bits per heavy atom. The van der Waals surface area contributed by atoms with Crippen molar-refractivity contribution < 1.29 is 9.90 Å². The van der Waals surface area contributed by atoms with Crippen molar-refractivity contribution in [1.29, 1.82) is 0 Å². The van der Waals surface area contributed by atoms with Gasteiger partial charge in [-0.3, -0.25) is 4.79 Å². The summed E-state index contributed by atoms with van der Waals surface area (Å²) >= 11 is 1.57. The minimum absolute atomic E-state index is 0.171. The van der Waals surface area contributed by atoms with Gasteiger partial charge in [0.1, 0.15) is 0 Å². The molecule has 0 aliphatic heterocycles. The molecule has 0 amide bonds. The molecule has 0 bridgehead atoms. The second-order valence-corrected chi connectivity index (χ2v) is 4.00. The van der Waals surface area contributed by atoms with Gasteiger partial charge in [-0.15, -0.1) is 11.3 Å². The summed E-state index contributed by atoms with van der Waals surface area (Å²) in [6, 6.07) is 0. The molecule has 1 saturated carbocycles. The van der Waals surface area contributed by atoms with Crippen LogP contribution in [0.5, 0.6) is 0 Å². The molecule has 1 fully saturated rings. The maximum absolute atomic E-state index is 10.5. The first-order valence-electron chi connectivity index (χ1n) is 3.83. The average Bonchev–Trinajstić information content (AvgIpc) is 2.70. The van der Waals surface area contributed by atoms with Crippen molar-refractivity contribution in [3.05, 3.63) is 16.1 Å². The number of carboxylic acid groups (broad SMARTS) is 1. The largest absolute Gasteiger partial charge is 0.481 e. The predicted molar refractivity (Wildman–Crippen MR) is 45.3 cm³/mol. The number of carbonyl (C=O) groups is 1. The number of hydrogen-bond acceptors (Lipinski definition) is 3. The third-order valence-corrected chi connectivity index (χ3v) is 3.16. The van der Waals surface area contributed by atoms with Crippen molar-refractivity contribution in [2.75, 3.05) is 0 Å². The van der Waals surface area contributed by atoms with Crippen LogP contribution in [0.4, 0.5) is 0 Å². The Balaban J connectivity index is 2.10. The van der Waals surface area contributed by atoms with E-state index in [0.717, 1.165) is 17.1 Å². The molecule has 0 radical (unpaired) electrons. The molecular weight excluding hydrogens is 174 g/mol. The van der Waals surface area contributed by atoms with Gasteiger partial charge in [0.05, 0.1) is 10.9 Å². The molecule has 1 aromatic rings. The molecule has 3 nitrogen and oxygen atoms in total. The summed E-state index contributed by atoms with van der Waals surface area (Å²) in [5.41, 5.74) is 0.992. The third kappa shape index (κ3) is 1.22. The Morgan fingerprint density at radius 1 is 1.83 bits per heavy atom. The highest BCUT2D eigenvalue weighted by atomic mass is 32.1. The summed E-state index contributed by atoms with van der Waals surface area (Å²) in [6.07, 6.45) is 0.766. The van der Waals surface area contributed by atoms with E-state index in [4.69, 9.17) is 5.11 Å². The molecule has 1 N–H and O–H groups in total. The lowest BCUT2D eigenvalue weighted by Gasteiger charge is -1.88. The van der Waals surface area contributed by atoms with Crippen LogP contribution in [0.2, 0.25) is 0 Å². The summed E-state index contributed by atoms with van der Waals surface area (Å²) < 4.78 is 0. The maximum Gasteiger partial charge on any atom is 0.307 e. The molecule has 0 saturated heterocycles. The Hall–Kier alpha value is -0.900. The van der Waals surface area contributed by atoms with Gasteiger partial charge in [-0.25, -0.2) is 4.98 Å². The fraction of sp³-hybridized carbons (Fsp3) is 0.500. The van der Waals surface area contributed by atoms with Crippen molar-refractivity contribution in [3.63, 3.8) is 0 Å². The maximum atomic E-state index is 10.5. The molecule has 0 spiro atoms. The number of carboxylic acids is 1. The van der Waals surface area contributed by atoms with E-state index in [9.17, 15) is 4.79 Å². The second kappa shape index (κ2) is 2.55. The molecule has 64 valence electrons.